The van der Waals surface area contributed by atoms with E-state index in [1.807, 2.05) is 19.1 Å². The quantitative estimate of drug-likeness (QED) is 0.908. The molecule has 1 saturated carbocycles. The molecule has 1 amide bonds. The molecule has 0 saturated heterocycles. The highest BCUT2D eigenvalue weighted by molar-refractivity contribution is 7.18. The SMILES string of the molecule is Cc1nc2ccc(OC(=O)NC3CCCCC3)cc2s1. The Balaban J connectivity index is 1.64. The predicted octanol–water partition coefficient (Wildman–Crippen LogP) is 4.03. The molecule has 1 heterocycles. The summed E-state index contributed by atoms with van der Waals surface area (Å²) in [6, 6.07) is 5.83. The van der Waals surface area contributed by atoms with Crippen molar-refractivity contribution in [1.29, 1.82) is 0 Å². The first kappa shape index (κ1) is 13.4. The normalized spacial score (nSPS) is 16.2. The number of rotatable bonds is 2. The molecule has 20 heavy (non-hydrogen) atoms. The van der Waals surface area contributed by atoms with Crippen molar-refractivity contribution < 1.29 is 9.53 Å². The molecule has 1 fully saturated rings. The van der Waals surface area contributed by atoms with E-state index in [9.17, 15) is 4.79 Å². The Hall–Kier alpha value is -1.62. The monoisotopic (exact) mass is 290 g/mol. The van der Waals surface area contributed by atoms with Crippen molar-refractivity contribution in [1.82, 2.24) is 10.3 Å². The smallest absolute Gasteiger partial charge is 0.410 e. The number of amides is 1. The van der Waals surface area contributed by atoms with Gasteiger partial charge in [0.15, 0.2) is 0 Å². The van der Waals surface area contributed by atoms with Crippen LogP contribution in [0.15, 0.2) is 18.2 Å². The van der Waals surface area contributed by atoms with Crippen molar-refractivity contribution in [2.45, 2.75) is 45.1 Å². The molecule has 3 rings (SSSR count). The summed E-state index contributed by atoms with van der Waals surface area (Å²) < 4.78 is 6.41. The van der Waals surface area contributed by atoms with E-state index in [4.69, 9.17) is 4.74 Å². The molecule has 106 valence electrons. The van der Waals surface area contributed by atoms with Crippen molar-refractivity contribution in [2.75, 3.05) is 0 Å². The summed E-state index contributed by atoms with van der Waals surface area (Å²) in [7, 11) is 0. The van der Waals surface area contributed by atoms with Gasteiger partial charge < -0.3 is 10.1 Å². The van der Waals surface area contributed by atoms with Crippen LogP contribution in [0.25, 0.3) is 10.2 Å². The first-order valence-electron chi connectivity index (χ1n) is 7.06. The standard InChI is InChI=1S/C15H18N2O2S/c1-10-16-13-8-7-12(9-14(13)20-10)19-15(18)17-11-5-3-2-4-6-11/h7-9,11H,2-6H2,1H3,(H,17,18). The van der Waals surface area contributed by atoms with Crippen LogP contribution in [0.1, 0.15) is 37.1 Å². The number of aromatic nitrogens is 1. The number of fused-ring (bicyclic) bond motifs is 1. The molecule has 0 bridgehead atoms. The Morgan fingerprint density at radius 2 is 2.15 bits per heavy atom. The number of thiazole rings is 1. The van der Waals surface area contributed by atoms with Crippen LogP contribution in [0, 0.1) is 6.92 Å². The fourth-order valence-corrected chi connectivity index (χ4v) is 3.49. The summed E-state index contributed by atoms with van der Waals surface area (Å²) in [6.07, 6.45) is 5.42. The van der Waals surface area contributed by atoms with Crippen LogP contribution < -0.4 is 10.1 Å². The van der Waals surface area contributed by atoms with Crippen LogP contribution in [0.4, 0.5) is 4.79 Å². The topological polar surface area (TPSA) is 51.2 Å². The number of benzene rings is 1. The molecule has 0 atom stereocenters. The molecule has 1 aliphatic carbocycles. The van der Waals surface area contributed by atoms with Crippen LogP contribution in [-0.4, -0.2) is 17.1 Å². The predicted molar refractivity (Wildman–Crippen MR) is 80.4 cm³/mol. The lowest BCUT2D eigenvalue weighted by molar-refractivity contribution is 0.192. The van der Waals surface area contributed by atoms with Gasteiger partial charge in [-0.15, -0.1) is 11.3 Å². The third-order valence-electron chi connectivity index (χ3n) is 3.60. The Kier molecular flexibility index (Phi) is 3.87. The molecule has 1 aliphatic rings. The Morgan fingerprint density at radius 1 is 1.35 bits per heavy atom. The van der Waals surface area contributed by atoms with E-state index in [0.29, 0.717) is 5.75 Å². The second kappa shape index (κ2) is 5.79. The van der Waals surface area contributed by atoms with E-state index < -0.39 is 0 Å². The Bertz CT molecular complexity index is 617. The first-order valence-corrected chi connectivity index (χ1v) is 7.88. The number of ether oxygens (including phenoxy) is 1. The van der Waals surface area contributed by atoms with E-state index in [-0.39, 0.29) is 12.1 Å². The van der Waals surface area contributed by atoms with E-state index in [0.717, 1.165) is 28.1 Å². The molecule has 0 spiro atoms. The van der Waals surface area contributed by atoms with Crippen LogP contribution in [-0.2, 0) is 0 Å². The summed E-state index contributed by atoms with van der Waals surface area (Å²) in [6.45, 7) is 1.97. The molecule has 1 aromatic heterocycles. The zero-order valence-corrected chi connectivity index (χ0v) is 12.3. The summed E-state index contributed by atoms with van der Waals surface area (Å²) in [5, 5.41) is 3.96. The van der Waals surface area contributed by atoms with Gasteiger partial charge >= 0.3 is 6.09 Å². The lowest BCUT2D eigenvalue weighted by Crippen LogP contribution is -2.37. The lowest BCUT2D eigenvalue weighted by atomic mass is 9.96. The van der Waals surface area contributed by atoms with Crippen molar-refractivity contribution in [3.8, 4) is 5.75 Å². The van der Waals surface area contributed by atoms with Gasteiger partial charge in [0, 0.05) is 12.1 Å². The van der Waals surface area contributed by atoms with Gasteiger partial charge in [-0.25, -0.2) is 9.78 Å². The minimum Gasteiger partial charge on any atom is -0.410 e. The average Bonchev–Trinajstić information content (AvgIpc) is 2.79. The second-order valence-electron chi connectivity index (χ2n) is 5.23. The van der Waals surface area contributed by atoms with Gasteiger partial charge in [-0.3, -0.25) is 0 Å². The molecular weight excluding hydrogens is 272 g/mol. The Labute approximate surface area is 122 Å². The third kappa shape index (κ3) is 3.10. The third-order valence-corrected chi connectivity index (χ3v) is 4.54. The number of hydrogen-bond donors (Lipinski definition) is 1. The van der Waals surface area contributed by atoms with E-state index in [1.54, 1.807) is 17.4 Å². The molecule has 1 aromatic carbocycles. The number of hydrogen-bond acceptors (Lipinski definition) is 4. The van der Waals surface area contributed by atoms with E-state index in [1.165, 1.54) is 19.3 Å². The van der Waals surface area contributed by atoms with Gasteiger partial charge in [-0.2, -0.15) is 0 Å². The number of nitrogens with one attached hydrogen (secondary N) is 1. The zero-order valence-electron chi connectivity index (χ0n) is 11.5. The highest BCUT2D eigenvalue weighted by Gasteiger charge is 2.16. The van der Waals surface area contributed by atoms with E-state index >= 15 is 0 Å². The van der Waals surface area contributed by atoms with Crippen molar-refractivity contribution in [2.24, 2.45) is 0 Å². The van der Waals surface area contributed by atoms with Gasteiger partial charge in [0.2, 0.25) is 0 Å². The van der Waals surface area contributed by atoms with E-state index in [2.05, 4.69) is 10.3 Å². The number of carbonyl (C=O) groups excluding carboxylic acids is 1. The number of aryl methyl sites for hydroxylation is 1. The second-order valence-corrected chi connectivity index (χ2v) is 6.47. The highest BCUT2D eigenvalue weighted by Crippen LogP contribution is 2.26. The van der Waals surface area contributed by atoms with Crippen LogP contribution in [0.3, 0.4) is 0 Å². The summed E-state index contributed by atoms with van der Waals surface area (Å²) in [5.74, 6) is 0.578. The van der Waals surface area contributed by atoms with Crippen LogP contribution in [0.5, 0.6) is 5.75 Å². The highest BCUT2D eigenvalue weighted by atomic mass is 32.1. The molecule has 5 heteroatoms. The lowest BCUT2D eigenvalue weighted by Gasteiger charge is -2.22. The van der Waals surface area contributed by atoms with Crippen molar-refractivity contribution >= 4 is 27.6 Å². The van der Waals surface area contributed by atoms with Crippen molar-refractivity contribution in [3.63, 3.8) is 0 Å². The molecule has 0 unspecified atom stereocenters. The molecule has 0 radical (unpaired) electrons. The minimum atomic E-state index is -0.350. The number of nitrogens with zero attached hydrogens (tertiary/aromatic N) is 1. The van der Waals surface area contributed by atoms with Gasteiger partial charge in [0.05, 0.1) is 15.2 Å². The fourth-order valence-electron chi connectivity index (χ4n) is 2.63. The van der Waals surface area contributed by atoms with Crippen LogP contribution >= 0.6 is 11.3 Å². The van der Waals surface area contributed by atoms with Crippen molar-refractivity contribution in [3.05, 3.63) is 23.2 Å². The summed E-state index contributed by atoms with van der Waals surface area (Å²) >= 11 is 1.61. The van der Waals surface area contributed by atoms with Gasteiger partial charge in [-0.05, 0) is 31.9 Å². The maximum Gasteiger partial charge on any atom is 0.412 e. The van der Waals surface area contributed by atoms with Gasteiger partial charge in [0.25, 0.3) is 0 Å². The molecule has 0 aliphatic heterocycles. The summed E-state index contributed by atoms with van der Waals surface area (Å²) in [4.78, 5) is 16.3. The average molecular weight is 290 g/mol. The van der Waals surface area contributed by atoms with Gasteiger partial charge in [-0.1, -0.05) is 19.3 Å². The first-order chi connectivity index (χ1) is 9.70. The van der Waals surface area contributed by atoms with Gasteiger partial charge in [0.1, 0.15) is 5.75 Å². The fraction of sp³-hybridized carbons (Fsp3) is 0.467. The molecule has 2 aromatic rings. The Morgan fingerprint density at radius 3 is 2.95 bits per heavy atom. The minimum absolute atomic E-state index is 0.269. The largest absolute Gasteiger partial charge is 0.412 e. The molecular formula is C15H18N2O2S. The molecule has 1 N–H and O–H groups in total. The maximum atomic E-state index is 11.9. The summed E-state index contributed by atoms with van der Waals surface area (Å²) in [5.41, 5.74) is 0.951. The molecule has 4 nitrogen and oxygen atoms in total. The number of carbonyl (C=O) groups is 1. The maximum absolute atomic E-state index is 11.9. The van der Waals surface area contributed by atoms with Crippen LogP contribution in [0.2, 0.25) is 0 Å². The zero-order chi connectivity index (χ0) is 13.9.